The lowest BCUT2D eigenvalue weighted by Crippen LogP contribution is -2.32. The summed E-state index contributed by atoms with van der Waals surface area (Å²) in [6, 6.07) is 0. The summed E-state index contributed by atoms with van der Waals surface area (Å²) in [5.74, 6) is 1.42. The first-order valence-electron chi connectivity index (χ1n) is 16.5. The van der Waals surface area contributed by atoms with Gasteiger partial charge in [0.1, 0.15) is 26.2 Å². The Morgan fingerprint density at radius 1 is 0.737 bits per heavy atom. The largest absolute Gasteiger partial charge is 0.462 e. The number of hydrogen-bond donors (Lipinski definition) is 0. The number of nitrogens with zero attached hydrogens (tertiary/aromatic N) is 2. The Morgan fingerprint density at radius 3 is 1.92 bits per heavy atom. The molecular formula is C34H63N2O2+. The molecule has 4 nitrogen and oxygen atoms in total. The summed E-state index contributed by atoms with van der Waals surface area (Å²) >= 11 is 0. The predicted molar refractivity (Wildman–Crippen MR) is 165 cm³/mol. The Labute approximate surface area is 237 Å². The van der Waals surface area contributed by atoms with Crippen molar-refractivity contribution in [1.82, 2.24) is 4.90 Å². The zero-order valence-electron chi connectivity index (χ0n) is 25.7. The van der Waals surface area contributed by atoms with E-state index < -0.39 is 0 Å². The fourth-order valence-corrected chi connectivity index (χ4v) is 5.17. The van der Waals surface area contributed by atoms with Crippen molar-refractivity contribution in [2.75, 3.05) is 33.3 Å². The molecule has 38 heavy (non-hydrogen) atoms. The maximum atomic E-state index is 12.1. The van der Waals surface area contributed by atoms with E-state index in [-0.39, 0.29) is 5.97 Å². The van der Waals surface area contributed by atoms with Gasteiger partial charge in [-0.25, -0.2) is 0 Å². The van der Waals surface area contributed by atoms with Crippen molar-refractivity contribution in [3.63, 3.8) is 0 Å². The topological polar surface area (TPSA) is 32.5 Å². The summed E-state index contributed by atoms with van der Waals surface area (Å²) in [5.41, 5.74) is 0. The SMILES string of the molecule is CCC/C=C/CCCCCCCC(=O)OCCN1CC[N+](C)=C1CCCCCCC/C=C/CCCCCC. The van der Waals surface area contributed by atoms with E-state index in [0.717, 1.165) is 38.9 Å². The van der Waals surface area contributed by atoms with E-state index in [1.54, 1.807) is 0 Å². The minimum Gasteiger partial charge on any atom is -0.462 e. The van der Waals surface area contributed by atoms with Gasteiger partial charge in [0.15, 0.2) is 0 Å². The Morgan fingerprint density at radius 2 is 1.29 bits per heavy atom. The van der Waals surface area contributed by atoms with Gasteiger partial charge in [-0.05, 0) is 57.8 Å². The molecule has 1 rings (SSSR count). The van der Waals surface area contributed by atoms with Crippen molar-refractivity contribution in [2.45, 2.75) is 149 Å². The van der Waals surface area contributed by atoms with Gasteiger partial charge in [-0.1, -0.05) is 102 Å². The molecule has 0 amide bonds. The van der Waals surface area contributed by atoms with Crippen molar-refractivity contribution >= 4 is 11.8 Å². The van der Waals surface area contributed by atoms with Crippen LogP contribution in [0.4, 0.5) is 0 Å². The lowest BCUT2D eigenvalue weighted by molar-refractivity contribution is -0.487. The Bertz CT molecular complexity index is 653. The Balaban J connectivity index is 2.01. The number of ether oxygens (including phenoxy) is 1. The summed E-state index contributed by atoms with van der Waals surface area (Å²) in [7, 11) is 2.21. The Kier molecular flexibility index (Phi) is 23.3. The van der Waals surface area contributed by atoms with Crippen LogP contribution in [0, 0.1) is 0 Å². The first kappa shape index (κ1) is 34.4. The van der Waals surface area contributed by atoms with Crippen LogP contribution in [-0.2, 0) is 9.53 Å². The van der Waals surface area contributed by atoms with Gasteiger partial charge in [-0.3, -0.25) is 14.3 Å². The molecule has 0 aromatic rings. The van der Waals surface area contributed by atoms with Crippen LogP contribution < -0.4 is 0 Å². The molecule has 0 unspecified atom stereocenters. The van der Waals surface area contributed by atoms with Crippen molar-refractivity contribution in [3.8, 4) is 0 Å². The molecule has 0 saturated carbocycles. The molecule has 0 saturated heterocycles. The second-order valence-electron chi connectivity index (χ2n) is 11.2. The van der Waals surface area contributed by atoms with Crippen molar-refractivity contribution < 1.29 is 14.1 Å². The number of amidine groups is 1. The molecule has 0 radical (unpaired) electrons. The summed E-state index contributed by atoms with van der Waals surface area (Å²) in [6.07, 6.45) is 35.2. The molecule has 0 bridgehead atoms. The molecule has 1 aliphatic rings. The zero-order chi connectivity index (χ0) is 27.5. The summed E-state index contributed by atoms with van der Waals surface area (Å²) in [4.78, 5) is 14.6. The van der Waals surface area contributed by atoms with Gasteiger partial charge in [-0.2, -0.15) is 0 Å². The van der Waals surface area contributed by atoms with Crippen molar-refractivity contribution in [3.05, 3.63) is 24.3 Å². The van der Waals surface area contributed by atoms with Crippen LogP contribution in [0.2, 0.25) is 0 Å². The van der Waals surface area contributed by atoms with Crippen molar-refractivity contribution in [1.29, 1.82) is 0 Å². The quantitative estimate of drug-likeness (QED) is 0.0482. The molecule has 0 fully saturated rings. The minimum absolute atomic E-state index is 0.0204. The molecule has 1 heterocycles. The molecule has 0 aromatic heterocycles. The van der Waals surface area contributed by atoms with Gasteiger partial charge in [0, 0.05) is 12.8 Å². The number of hydrogen-bond acceptors (Lipinski definition) is 3. The normalized spacial score (nSPS) is 14.0. The second kappa shape index (κ2) is 25.7. The van der Waals surface area contributed by atoms with Gasteiger partial charge >= 0.3 is 5.97 Å². The van der Waals surface area contributed by atoms with Gasteiger partial charge in [0.05, 0.1) is 7.05 Å². The smallest absolute Gasteiger partial charge is 0.305 e. The highest BCUT2D eigenvalue weighted by molar-refractivity contribution is 5.78. The second-order valence-corrected chi connectivity index (χ2v) is 11.2. The van der Waals surface area contributed by atoms with Crippen LogP contribution in [0.3, 0.4) is 0 Å². The molecule has 4 heteroatoms. The van der Waals surface area contributed by atoms with E-state index in [4.69, 9.17) is 4.74 Å². The monoisotopic (exact) mass is 531 g/mol. The number of likely N-dealkylation sites (N-methyl/N-ethyl adjacent to an activating group) is 1. The van der Waals surface area contributed by atoms with Crippen molar-refractivity contribution in [2.24, 2.45) is 0 Å². The van der Waals surface area contributed by atoms with Gasteiger partial charge < -0.3 is 4.74 Å². The maximum absolute atomic E-state index is 12.1. The van der Waals surface area contributed by atoms with Gasteiger partial charge in [-0.15, -0.1) is 0 Å². The Hall–Kier alpha value is -1.58. The molecule has 0 atom stereocenters. The number of carbonyl (C=O) groups excluding carboxylic acids is 1. The minimum atomic E-state index is -0.0204. The fraction of sp³-hybridized carbons (Fsp3) is 0.824. The molecule has 1 aliphatic heterocycles. The van der Waals surface area contributed by atoms with E-state index in [9.17, 15) is 4.79 Å². The number of allylic oxidation sites excluding steroid dienone is 4. The van der Waals surface area contributed by atoms with Crippen LogP contribution in [0.15, 0.2) is 24.3 Å². The summed E-state index contributed by atoms with van der Waals surface area (Å²) in [6.45, 7) is 7.99. The average molecular weight is 532 g/mol. The summed E-state index contributed by atoms with van der Waals surface area (Å²) < 4.78 is 7.96. The third-order valence-electron chi connectivity index (χ3n) is 7.67. The molecule has 0 aromatic carbocycles. The molecule has 0 N–H and O–H groups in total. The van der Waals surface area contributed by atoms with Gasteiger partial charge in [0.25, 0.3) is 0 Å². The third-order valence-corrected chi connectivity index (χ3v) is 7.67. The molecular weight excluding hydrogens is 468 g/mol. The molecule has 220 valence electrons. The number of esters is 1. The third kappa shape index (κ3) is 19.5. The van der Waals surface area contributed by atoms with Crippen LogP contribution in [0.1, 0.15) is 149 Å². The highest BCUT2D eigenvalue weighted by atomic mass is 16.5. The standard InChI is InChI=1S/C34H63N2O2/c1-4-6-8-10-12-14-16-17-18-19-21-23-25-27-33-35(3)29-30-36(33)31-32-38-34(37)28-26-24-22-20-15-13-11-9-7-5-2/h9,11,14,16H,4-8,10,12-13,15,17-32H2,1-3H3/q+1/b11-9+,16-14+. The summed E-state index contributed by atoms with van der Waals surface area (Å²) in [5, 5.41) is 0. The van der Waals surface area contributed by atoms with Crippen LogP contribution in [-0.4, -0.2) is 54.6 Å². The number of carbonyl (C=O) groups is 1. The number of unbranched alkanes of at least 4 members (excludes halogenated alkanes) is 15. The van der Waals surface area contributed by atoms with E-state index >= 15 is 0 Å². The highest BCUT2D eigenvalue weighted by Crippen LogP contribution is 2.13. The van der Waals surface area contributed by atoms with Crippen LogP contribution in [0.25, 0.3) is 0 Å². The first-order valence-corrected chi connectivity index (χ1v) is 16.5. The van der Waals surface area contributed by atoms with E-state index in [1.165, 1.54) is 115 Å². The van der Waals surface area contributed by atoms with Gasteiger partial charge in [0.2, 0.25) is 5.84 Å². The lowest BCUT2D eigenvalue weighted by Gasteiger charge is -2.14. The van der Waals surface area contributed by atoms with Crippen LogP contribution >= 0.6 is 0 Å². The van der Waals surface area contributed by atoms with E-state index in [2.05, 4.69) is 54.7 Å². The first-order chi connectivity index (χ1) is 18.7. The fourth-order valence-electron chi connectivity index (χ4n) is 5.17. The maximum Gasteiger partial charge on any atom is 0.305 e. The molecule has 0 spiro atoms. The highest BCUT2D eigenvalue weighted by Gasteiger charge is 2.27. The average Bonchev–Trinajstić information content (AvgIpc) is 3.26. The lowest BCUT2D eigenvalue weighted by atomic mass is 10.1. The van der Waals surface area contributed by atoms with Crippen LogP contribution in [0.5, 0.6) is 0 Å². The van der Waals surface area contributed by atoms with E-state index in [0.29, 0.717) is 13.0 Å². The number of rotatable bonds is 26. The predicted octanol–water partition coefficient (Wildman–Crippen LogP) is 9.23. The molecule has 0 aliphatic carbocycles. The van der Waals surface area contributed by atoms with E-state index in [1.807, 2.05) is 0 Å². The zero-order valence-corrected chi connectivity index (χ0v) is 25.7.